The van der Waals surface area contributed by atoms with E-state index in [1.165, 1.54) is 24.3 Å². The van der Waals surface area contributed by atoms with Crippen LogP contribution in [0.2, 0.25) is 5.02 Å². The highest BCUT2D eigenvalue weighted by Crippen LogP contribution is 2.33. The number of amides is 2. The third kappa shape index (κ3) is 5.19. The quantitative estimate of drug-likeness (QED) is 0.627. The number of nitrogens with zero attached hydrogens (tertiary/aromatic N) is 1. The van der Waals surface area contributed by atoms with Crippen LogP contribution in [0.3, 0.4) is 0 Å². The summed E-state index contributed by atoms with van der Waals surface area (Å²) in [5.74, 6) is -2.14. The van der Waals surface area contributed by atoms with Crippen LogP contribution in [0, 0.1) is 0 Å². The number of morpholine rings is 1. The lowest BCUT2D eigenvalue weighted by Gasteiger charge is -2.27. The number of alkyl halides is 3. The number of hydrogen-bond donors (Lipinski definition) is 2. The van der Waals surface area contributed by atoms with Crippen LogP contribution in [0.15, 0.2) is 52.3 Å². The van der Waals surface area contributed by atoms with Crippen molar-refractivity contribution in [2.75, 3.05) is 31.6 Å². The molecule has 34 heavy (non-hydrogen) atoms. The summed E-state index contributed by atoms with van der Waals surface area (Å²) in [6, 6.07) is 8.39. The van der Waals surface area contributed by atoms with E-state index in [1.54, 1.807) is 4.90 Å². The summed E-state index contributed by atoms with van der Waals surface area (Å²) in [7, 11) is -4.17. The van der Waals surface area contributed by atoms with Crippen molar-refractivity contribution >= 4 is 38.9 Å². The molecule has 1 atom stereocenters. The molecule has 0 unspecified atom stereocenters. The highest BCUT2D eigenvalue weighted by molar-refractivity contribution is 7.91. The molecule has 1 heterocycles. The highest BCUT2D eigenvalue weighted by atomic mass is 35.5. The molecule has 1 aliphatic heterocycles. The molecule has 3 rings (SSSR count). The van der Waals surface area contributed by atoms with E-state index in [9.17, 15) is 36.3 Å². The smallest absolute Gasteiger partial charge is 0.378 e. The fraction of sp³-hybridized carbons (Fsp3) is 0.333. The number of halogens is 4. The van der Waals surface area contributed by atoms with Crippen LogP contribution in [0.5, 0.6) is 0 Å². The normalized spacial score (nSPS) is 16.6. The molecule has 0 aromatic heterocycles. The second kappa shape index (κ2) is 9.53. The van der Waals surface area contributed by atoms with Crippen LogP contribution in [-0.2, 0) is 19.4 Å². The molecule has 1 saturated heterocycles. The van der Waals surface area contributed by atoms with Crippen molar-refractivity contribution in [3.05, 3.63) is 53.1 Å². The lowest BCUT2D eigenvalue weighted by Crippen LogP contribution is -2.52. The average molecular weight is 521 g/mol. The number of carbonyl (C=O) groups is 2. The standard InChI is InChI=1S/C21H20ClF3N2O6S/c1-20(30,21(23,24)25)19(29)26-17-6-5-15(12-16(17)22)34(31,32)14-4-2-3-13(11-14)18(28)27-7-9-33-10-8-27/h2-6,11-12,30H,7-10H2,1H3,(H,26,29)/t20-/m1/s1. The van der Waals surface area contributed by atoms with Gasteiger partial charge in [0.1, 0.15) is 0 Å². The minimum absolute atomic E-state index is 0.160. The van der Waals surface area contributed by atoms with Crippen LogP contribution in [0.4, 0.5) is 18.9 Å². The zero-order chi connectivity index (χ0) is 25.3. The largest absolute Gasteiger partial charge is 0.426 e. The van der Waals surface area contributed by atoms with Gasteiger partial charge in [-0.05, 0) is 43.3 Å². The first-order valence-corrected chi connectivity index (χ1v) is 11.7. The molecule has 0 aliphatic carbocycles. The van der Waals surface area contributed by atoms with Crippen molar-refractivity contribution in [2.45, 2.75) is 28.5 Å². The Balaban J connectivity index is 1.85. The third-order valence-corrected chi connectivity index (χ3v) is 7.24. The first-order chi connectivity index (χ1) is 15.7. The Kier molecular flexibility index (Phi) is 7.27. The van der Waals surface area contributed by atoms with Gasteiger partial charge in [-0.3, -0.25) is 9.59 Å². The van der Waals surface area contributed by atoms with E-state index in [0.717, 1.165) is 18.2 Å². The number of anilines is 1. The Bertz CT molecular complexity index is 1210. The third-order valence-electron chi connectivity index (χ3n) is 5.18. The molecule has 0 radical (unpaired) electrons. The topological polar surface area (TPSA) is 113 Å². The number of benzene rings is 2. The summed E-state index contributed by atoms with van der Waals surface area (Å²) in [5.41, 5.74) is -3.85. The summed E-state index contributed by atoms with van der Waals surface area (Å²) in [4.78, 5) is 25.6. The average Bonchev–Trinajstić information content (AvgIpc) is 2.79. The summed E-state index contributed by atoms with van der Waals surface area (Å²) in [6.45, 7) is 1.78. The van der Waals surface area contributed by atoms with Crippen LogP contribution < -0.4 is 5.32 Å². The van der Waals surface area contributed by atoms with Crippen molar-refractivity contribution in [2.24, 2.45) is 0 Å². The van der Waals surface area contributed by atoms with E-state index in [-0.39, 0.29) is 38.9 Å². The maximum atomic E-state index is 13.1. The lowest BCUT2D eigenvalue weighted by atomic mass is 10.1. The number of aliphatic hydroxyl groups is 1. The molecular weight excluding hydrogens is 501 g/mol. The maximum Gasteiger partial charge on any atom is 0.426 e. The number of nitrogens with one attached hydrogen (secondary N) is 1. The number of rotatable bonds is 5. The summed E-state index contributed by atoms with van der Waals surface area (Å²) >= 11 is 6.00. The van der Waals surface area contributed by atoms with E-state index >= 15 is 0 Å². The van der Waals surface area contributed by atoms with Crippen molar-refractivity contribution in [1.29, 1.82) is 0 Å². The van der Waals surface area contributed by atoms with Gasteiger partial charge >= 0.3 is 6.18 Å². The van der Waals surface area contributed by atoms with E-state index < -0.39 is 27.5 Å². The second-order valence-electron chi connectivity index (χ2n) is 7.60. The fourth-order valence-electron chi connectivity index (χ4n) is 3.02. The van der Waals surface area contributed by atoms with Crippen molar-refractivity contribution in [1.82, 2.24) is 4.90 Å². The molecule has 184 valence electrons. The van der Waals surface area contributed by atoms with Crippen molar-refractivity contribution in [3.63, 3.8) is 0 Å². The second-order valence-corrected chi connectivity index (χ2v) is 9.96. The molecular formula is C21H20ClF3N2O6S. The maximum absolute atomic E-state index is 13.1. The predicted molar refractivity (Wildman–Crippen MR) is 115 cm³/mol. The molecule has 2 aromatic rings. The molecule has 0 saturated carbocycles. The van der Waals surface area contributed by atoms with Crippen molar-refractivity contribution < 1.29 is 41.0 Å². The molecule has 1 aliphatic rings. The first kappa shape index (κ1) is 25.9. The molecule has 0 spiro atoms. The molecule has 2 N–H and O–H groups in total. The van der Waals surface area contributed by atoms with Gasteiger partial charge in [0, 0.05) is 18.7 Å². The summed E-state index contributed by atoms with van der Waals surface area (Å²) in [5, 5.41) is 10.9. The Morgan fingerprint density at radius 1 is 1.09 bits per heavy atom. The number of sulfone groups is 1. The zero-order valence-electron chi connectivity index (χ0n) is 17.7. The van der Waals surface area contributed by atoms with Crippen LogP contribution in [0.25, 0.3) is 0 Å². The minimum atomic E-state index is -5.24. The Morgan fingerprint density at radius 2 is 1.71 bits per heavy atom. The molecule has 8 nitrogen and oxygen atoms in total. The van der Waals surface area contributed by atoms with Gasteiger partial charge in [0.15, 0.2) is 0 Å². The van der Waals surface area contributed by atoms with Gasteiger partial charge in [0.2, 0.25) is 15.4 Å². The molecule has 1 fully saturated rings. The van der Waals surface area contributed by atoms with Gasteiger partial charge in [0.25, 0.3) is 11.8 Å². The Morgan fingerprint density at radius 3 is 2.29 bits per heavy atom. The zero-order valence-corrected chi connectivity index (χ0v) is 19.3. The molecule has 2 amide bonds. The number of hydrogen-bond acceptors (Lipinski definition) is 6. The summed E-state index contributed by atoms with van der Waals surface area (Å²) < 4.78 is 69.9. The van der Waals surface area contributed by atoms with E-state index in [4.69, 9.17) is 16.3 Å². The van der Waals surface area contributed by atoms with Crippen LogP contribution >= 0.6 is 11.6 Å². The van der Waals surface area contributed by atoms with Gasteiger partial charge in [-0.2, -0.15) is 13.2 Å². The van der Waals surface area contributed by atoms with E-state index in [2.05, 4.69) is 0 Å². The van der Waals surface area contributed by atoms with Gasteiger partial charge in [0.05, 0.1) is 33.7 Å². The van der Waals surface area contributed by atoms with Crippen LogP contribution in [-0.4, -0.2) is 68.3 Å². The number of ether oxygens (including phenoxy) is 1. The Hall–Kier alpha value is -2.67. The number of carbonyl (C=O) groups excluding carboxylic acids is 2. The molecule has 0 bridgehead atoms. The summed E-state index contributed by atoms with van der Waals surface area (Å²) in [6.07, 6.45) is -5.24. The first-order valence-electron chi connectivity index (χ1n) is 9.87. The Labute approximate surface area is 198 Å². The predicted octanol–water partition coefficient (Wildman–Crippen LogP) is 2.90. The van der Waals surface area contributed by atoms with E-state index in [1.807, 2.05) is 5.32 Å². The SMILES string of the molecule is C[C@@](O)(C(=O)Nc1ccc(S(=O)(=O)c2cccc(C(=O)N3CCOCC3)c2)cc1Cl)C(F)(F)F. The van der Waals surface area contributed by atoms with Gasteiger partial charge in [-0.1, -0.05) is 17.7 Å². The highest BCUT2D eigenvalue weighted by Gasteiger charge is 2.55. The fourth-order valence-corrected chi connectivity index (χ4v) is 4.64. The molecule has 2 aromatic carbocycles. The minimum Gasteiger partial charge on any atom is -0.378 e. The monoisotopic (exact) mass is 520 g/mol. The van der Waals surface area contributed by atoms with E-state index in [0.29, 0.717) is 26.3 Å². The van der Waals surface area contributed by atoms with Gasteiger partial charge in [-0.15, -0.1) is 0 Å². The molecule has 13 heteroatoms. The van der Waals surface area contributed by atoms with Gasteiger partial charge < -0.3 is 20.1 Å². The van der Waals surface area contributed by atoms with Crippen molar-refractivity contribution in [3.8, 4) is 0 Å². The van der Waals surface area contributed by atoms with Gasteiger partial charge in [-0.25, -0.2) is 8.42 Å². The lowest BCUT2D eigenvalue weighted by molar-refractivity contribution is -0.242. The van der Waals surface area contributed by atoms with Crippen LogP contribution in [0.1, 0.15) is 17.3 Å².